The van der Waals surface area contributed by atoms with Gasteiger partial charge in [-0.05, 0) is 50.4 Å². The summed E-state index contributed by atoms with van der Waals surface area (Å²) in [6.07, 6.45) is -1.06. The first-order valence-electron chi connectivity index (χ1n) is 12.6. The molecular weight excluding hydrogens is 523 g/mol. The third-order valence-electron chi connectivity index (χ3n) is 7.73. The van der Waals surface area contributed by atoms with Crippen LogP contribution in [0.4, 0.5) is 22.0 Å². The number of aryl methyl sites for hydroxylation is 1. The Balaban J connectivity index is 1.45. The fourth-order valence-electron chi connectivity index (χ4n) is 5.79. The van der Waals surface area contributed by atoms with Crippen molar-refractivity contribution < 1.29 is 31.4 Å². The van der Waals surface area contributed by atoms with E-state index in [9.17, 15) is 17.6 Å². The normalized spacial score (nSPS) is 21.7. The van der Waals surface area contributed by atoms with Gasteiger partial charge in [0.2, 0.25) is 5.88 Å². The van der Waals surface area contributed by atoms with Crippen molar-refractivity contribution in [2.24, 2.45) is 0 Å². The molecular formula is C26H25F5N6O2. The molecule has 5 heterocycles. The Morgan fingerprint density at radius 1 is 1.15 bits per heavy atom. The van der Waals surface area contributed by atoms with Crippen LogP contribution >= 0.6 is 0 Å². The van der Waals surface area contributed by atoms with Crippen LogP contribution in [0.2, 0.25) is 0 Å². The standard InChI is InChI=1S/C26H25F5N6O2/c1-13-6-18-16(9-33-36-18)19(14(13)2)22-20(28)21-17(8-32-22)23(38-12-26(29,30)31)35-24(34-21)39-11-25-4-3-5-37(25)10-15(27)7-25/h6,8-9,15H,3-5,7,10-12H2,1-2H3,(H,33,36)/t15-,25+/m1/s1. The van der Waals surface area contributed by atoms with E-state index in [1.165, 1.54) is 6.20 Å². The van der Waals surface area contributed by atoms with Crippen LogP contribution in [-0.2, 0) is 0 Å². The predicted molar refractivity (Wildman–Crippen MR) is 132 cm³/mol. The molecule has 2 aliphatic heterocycles. The quantitative estimate of drug-likeness (QED) is 0.331. The van der Waals surface area contributed by atoms with Crippen molar-refractivity contribution in [3.63, 3.8) is 0 Å². The zero-order chi connectivity index (χ0) is 27.5. The summed E-state index contributed by atoms with van der Waals surface area (Å²) < 4.78 is 80.1. The minimum absolute atomic E-state index is 0.0177. The third kappa shape index (κ3) is 4.52. The Bertz CT molecular complexity index is 1570. The molecule has 0 saturated carbocycles. The first-order chi connectivity index (χ1) is 18.5. The molecule has 2 fully saturated rings. The number of nitrogens with one attached hydrogen (secondary N) is 1. The highest BCUT2D eigenvalue weighted by molar-refractivity contribution is 5.98. The molecule has 1 aromatic carbocycles. The van der Waals surface area contributed by atoms with Gasteiger partial charge in [-0.25, -0.2) is 8.78 Å². The number of H-pyrrole nitrogens is 1. The lowest BCUT2D eigenvalue weighted by molar-refractivity contribution is -0.153. The van der Waals surface area contributed by atoms with Crippen LogP contribution < -0.4 is 9.47 Å². The number of pyridine rings is 1. The van der Waals surface area contributed by atoms with E-state index in [0.29, 0.717) is 29.4 Å². The molecule has 0 aliphatic carbocycles. The van der Waals surface area contributed by atoms with E-state index in [2.05, 4.69) is 25.1 Å². The van der Waals surface area contributed by atoms with E-state index in [4.69, 9.17) is 9.47 Å². The molecule has 8 nitrogen and oxygen atoms in total. The lowest BCUT2D eigenvalue weighted by Gasteiger charge is -2.30. The SMILES string of the molecule is Cc1cc2[nH]ncc2c(-c2ncc3c(OCC(F)(F)F)nc(OC[C@@]45CCCN4C[C@H](F)C5)nc3c2F)c1C. The highest BCUT2D eigenvalue weighted by Crippen LogP contribution is 2.41. The number of nitrogens with zero attached hydrogens (tertiary/aromatic N) is 5. The monoisotopic (exact) mass is 548 g/mol. The lowest BCUT2D eigenvalue weighted by Crippen LogP contribution is -2.43. The number of aromatic amines is 1. The molecule has 0 radical (unpaired) electrons. The van der Waals surface area contributed by atoms with Crippen LogP contribution in [0.3, 0.4) is 0 Å². The largest absolute Gasteiger partial charge is 0.467 e. The molecule has 206 valence electrons. The van der Waals surface area contributed by atoms with Crippen LogP contribution in [0.1, 0.15) is 30.4 Å². The number of ether oxygens (including phenoxy) is 2. The second kappa shape index (κ2) is 9.25. The van der Waals surface area contributed by atoms with Crippen molar-refractivity contribution in [1.29, 1.82) is 0 Å². The van der Waals surface area contributed by atoms with E-state index in [0.717, 1.165) is 24.1 Å². The Labute approximate surface area is 219 Å². The first-order valence-corrected chi connectivity index (χ1v) is 12.6. The highest BCUT2D eigenvalue weighted by Gasteiger charge is 2.49. The van der Waals surface area contributed by atoms with Crippen LogP contribution in [0.15, 0.2) is 18.5 Å². The Morgan fingerprint density at radius 3 is 2.77 bits per heavy atom. The van der Waals surface area contributed by atoms with Gasteiger partial charge in [0.1, 0.15) is 24.0 Å². The van der Waals surface area contributed by atoms with Gasteiger partial charge in [0.15, 0.2) is 12.4 Å². The first kappa shape index (κ1) is 25.7. The summed E-state index contributed by atoms with van der Waals surface area (Å²) >= 11 is 0. The van der Waals surface area contributed by atoms with Crippen molar-refractivity contribution in [1.82, 2.24) is 30.0 Å². The van der Waals surface area contributed by atoms with Crippen molar-refractivity contribution in [2.75, 3.05) is 26.3 Å². The molecule has 1 N–H and O–H groups in total. The minimum Gasteiger partial charge on any atom is -0.467 e. The van der Waals surface area contributed by atoms with E-state index in [1.807, 2.05) is 24.8 Å². The molecule has 2 aliphatic rings. The third-order valence-corrected chi connectivity index (χ3v) is 7.73. The maximum atomic E-state index is 16.2. The summed E-state index contributed by atoms with van der Waals surface area (Å²) in [4.78, 5) is 14.5. The Kier molecular flexibility index (Phi) is 6.08. The van der Waals surface area contributed by atoms with Crippen molar-refractivity contribution >= 4 is 21.8 Å². The summed E-state index contributed by atoms with van der Waals surface area (Å²) in [5.41, 5.74) is 1.89. The van der Waals surface area contributed by atoms with Gasteiger partial charge in [-0.15, -0.1) is 0 Å². The lowest BCUT2D eigenvalue weighted by atomic mass is 9.95. The molecule has 0 bridgehead atoms. The van der Waals surface area contributed by atoms with Crippen LogP contribution in [0, 0.1) is 19.7 Å². The smallest absolute Gasteiger partial charge is 0.422 e. The molecule has 0 amide bonds. The fraction of sp³-hybridized carbons (Fsp3) is 0.462. The van der Waals surface area contributed by atoms with Gasteiger partial charge in [-0.1, -0.05) is 0 Å². The number of aromatic nitrogens is 5. The summed E-state index contributed by atoms with van der Waals surface area (Å²) in [5, 5.41) is 7.41. The number of hydrogen-bond donors (Lipinski definition) is 1. The van der Waals surface area contributed by atoms with E-state index in [1.54, 1.807) is 6.20 Å². The molecule has 0 spiro atoms. The average Bonchev–Trinajstić information content (AvgIpc) is 3.57. The molecule has 2 saturated heterocycles. The molecule has 0 unspecified atom stereocenters. The molecule has 4 aromatic rings. The van der Waals surface area contributed by atoms with Crippen LogP contribution in [0.25, 0.3) is 33.1 Å². The molecule has 39 heavy (non-hydrogen) atoms. The minimum atomic E-state index is -4.65. The summed E-state index contributed by atoms with van der Waals surface area (Å²) in [6, 6.07) is 1.53. The van der Waals surface area contributed by atoms with Crippen molar-refractivity contribution in [3.05, 3.63) is 35.4 Å². The number of benzene rings is 1. The molecule has 6 rings (SSSR count). The van der Waals surface area contributed by atoms with Gasteiger partial charge in [0.25, 0.3) is 0 Å². The Hall–Kier alpha value is -3.61. The van der Waals surface area contributed by atoms with E-state index >= 15 is 4.39 Å². The second-order valence-corrected chi connectivity index (χ2v) is 10.3. The molecule has 3 aromatic heterocycles. The average molecular weight is 549 g/mol. The summed E-state index contributed by atoms with van der Waals surface area (Å²) in [6.45, 7) is 3.08. The van der Waals surface area contributed by atoms with Gasteiger partial charge in [-0.2, -0.15) is 28.2 Å². The predicted octanol–water partition coefficient (Wildman–Crippen LogP) is 5.22. The van der Waals surface area contributed by atoms with Gasteiger partial charge >= 0.3 is 12.2 Å². The molecule has 2 atom stereocenters. The number of alkyl halides is 4. The zero-order valence-corrected chi connectivity index (χ0v) is 21.2. The Morgan fingerprint density at radius 2 is 1.97 bits per heavy atom. The van der Waals surface area contributed by atoms with Gasteiger partial charge in [0, 0.05) is 30.1 Å². The number of rotatable bonds is 6. The van der Waals surface area contributed by atoms with E-state index < -0.39 is 36.2 Å². The topological polar surface area (TPSA) is 89.0 Å². The van der Waals surface area contributed by atoms with Gasteiger partial charge in [-0.3, -0.25) is 15.0 Å². The van der Waals surface area contributed by atoms with Crippen molar-refractivity contribution in [2.45, 2.75) is 51.0 Å². The molecule has 13 heteroatoms. The van der Waals surface area contributed by atoms with Gasteiger partial charge < -0.3 is 9.47 Å². The van der Waals surface area contributed by atoms with Crippen LogP contribution in [0.5, 0.6) is 11.9 Å². The summed E-state index contributed by atoms with van der Waals surface area (Å²) in [5.74, 6) is -1.37. The number of fused-ring (bicyclic) bond motifs is 3. The van der Waals surface area contributed by atoms with Crippen molar-refractivity contribution in [3.8, 4) is 23.1 Å². The summed E-state index contributed by atoms with van der Waals surface area (Å²) in [7, 11) is 0. The maximum Gasteiger partial charge on any atom is 0.422 e. The maximum absolute atomic E-state index is 16.2. The second-order valence-electron chi connectivity index (χ2n) is 10.3. The zero-order valence-electron chi connectivity index (χ0n) is 21.2. The fourth-order valence-corrected chi connectivity index (χ4v) is 5.79. The van der Waals surface area contributed by atoms with Crippen LogP contribution in [-0.4, -0.2) is 74.2 Å². The van der Waals surface area contributed by atoms with E-state index in [-0.39, 0.29) is 35.6 Å². The van der Waals surface area contributed by atoms with Gasteiger partial charge in [0.05, 0.1) is 22.6 Å². The number of halogens is 5. The number of hydrogen-bond acceptors (Lipinski definition) is 7. The highest BCUT2D eigenvalue weighted by atomic mass is 19.4.